The summed E-state index contributed by atoms with van der Waals surface area (Å²) in [7, 11) is 0. The Bertz CT molecular complexity index is 444. The number of halogens is 1. The van der Waals surface area contributed by atoms with Crippen molar-refractivity contribution in [2.45, 2.75) is 53.1 Å². The summed E-state index contributed by atoms with van der Waals surface area (Å²) in [6.07, 6.45) is 3.66. The molecule has 5 heteroatoms. The molecule has 0 bridgehead atoms. The Morgan fingerprint density at radius 3 is 2.81 bits per heavy atom. The molecular formula is C16H29BrN4. The Morgan fingerprint density at radius 2 is 2.14 bits per heavy atom. The van der Waals surface area contributed by atoms with Crippen molar-refractivity contribution in [3.8, 4) is 0 Å². The zero-order valence-corrected chi connectivity index (χ0v) is 15.2. The molecule has 1 aliphatic heterocycles. The zero-order valence-electron chi connectivity index (χ0n) is 13.7. The highest BCUT2D eigenvalue weighted by Gasteiger charge is 2.22. The molecule has 21 heavy (non-hydrogen) atoms. The van der Waals surface area contributed by atoms with Crippen LogP contribution < -0.4 is 5.32 Å². The number of likely N-dealkylation sites (tertiary alicyclic amines) is 1. The highest BCUT2D eigenvalue weighted by atomic mass is 79.9. The van der Waals surface area contributed by atoms with Crippen LogP contribution in [0.3, 0.4) is 0 Å². The molecule has 1 aliphatic rings. The third kappa shape index (κ3) is 4.30. The molecule has 2 heterocycles. The lowest BCUT2D eigenvalue weighted by Gasteiger charge is -2.33. The second-order valence-corrected chi connectivity index (χ2v) is 6.72. The standard InChI is InChI=1S/C16H29BrN4/c1-4-14-16(17)15(21(6-3)19-14)12-20-9-7-8-13(11-20)10-18-5-2/h13,18H,4-12H2,1-3H3. The molecule has 1 fully saturated rings. The van der Waals surface area contributed by atoms with E-state index in [9.17, 15) is 0 Å². The Balaban J connectivity index is 2.02. The van der Waals surface area contributed by atoms with Gasteiger partial charge in [-0.05, 0) is 67.7 Å². The van der Waals surface area contributed by atoms with E-state index < -0.39 is 0 Å². The molecule has 0 aliphatic carbocycles. The van der Waals surface area contributed by atoms with E-state index >= 15 is 0 Å². The van der Waals surface area contributed by atoms with Gasteiger partial charge >= 0.3 is 0 Å². The van der Waals surface area contributed by atoms with Gasteiger partial charge in [-0.2, -0.15) is 5.10 Å². The van der Waals surface area contributed by atoms with Crippen LogP contribution in [0.5, 0.6) is 0 Å². The Kier molecular flexibility index (Phi) is 6.71. The minimum atomic E-state index is 0.793. The van der Waals surface area contributed by atoms with E-state index in [1.165, 1.54) is 41.8 Å². The summed E-state index contributed by atoms with van der Waals surface area (Å²) in [5.74, 6) is 0.793. The fourth-order valence-corrected chi connectivity index (χ4v) is 3.88. The van der Waals surface area contributed by atoms with Gasteiger partial charge in [0.2, 0.25) is 0 Å². The molecule has 0 spiro atoms. The van der Waals surface area contributed by atoms with E-state index in [0.717, 1.165) is 38.5 Å². The minimum Gasteiger partial charge on any atom is -0.317 e. The lowest BCUT2D eigenvalue weighted by Crippen LogP contribution is -2.39. The number of nitrogens with one attached hydrogen (secondary N) is 1. The summed E-state index contributed by atoms with van der Waals surface area (Å²) in [5.41, 5.74) is 2.53. The quantitative estimate of drug-likeness (QED) is 0.814. The van der Waals surface area contributed by atoms with Crippen molar-refractivity contribution < 1.29 is 0 Å². The second-order valence-electron chi connectivity index (χ2n) is 5.93. The van der Waals surface area contributed by atoms with Gasteiger partial charge in [0, 0.05) is 19.6 Å². The molecule has 1 aromatic rings. The maximum atomic E-state index is 4.71. The number of hydrogen-bond acceptors (Lipinski definition) is 3. The van der Waals surface area contributed by atoms with Crippen molar-refractivity contribution in [3.63, 3.8) is 0 Å². The Labute approximate surface area is 137 Å². The fraction of sp³-hybridized carbons (Fsp3) is 0.812. The predicted molar refractivity (Wildman–Crippen MR) is 91.5 cm³/mol. The molecule has 0 saturated carbocycles. The molecule has 4 nitrogen and oxygen atoms in total. The fourth-order valence-electron chi connectivity index (χ4n) is 3.19. The maximum absolute atomic E-state index is 4.71. The van der Waals surface area contributed by atoms with Crippen molar-refractivity contribution in [3.05, 3.63) is 15.9 Å². The van der Waals surface area contributed by atoms with E-state index in [4.69, 9.17) is 5.10 Å². The van der Waals surface area contributed by atoms with Crippen LogP contribution in [0.15, 0.2) is 4.47 Å². The topological polar surface area (TPSA) is 33.1 Å². The Hall–Kier alpha value is -0.390. The van der Waals surface area contributed by atoms with E-state index in [1.807, 2.05) is 0 Å². The monoisotopic (exact) mass is 356 g/mol. The van der Waals surface area contributed by atoms with Gasteiger partial charge in [-0.25, -0.2) is 0 Å². The molecular weight excluding hydrogens is 328 g/mol. The maximum Gasteiger partial charge on any atom is 0.0767 e. The van der Waals surface area contributed by atoms with Crippen LogP contribution >= 0.6 is 15.9 Å². The first-order valence-corrected chi connectivity index (χ1v) is 9.15. The SMILES string of the molecule is CCNCC1CCCN(Cc2c(Br)c(CC)nn2CC)C1. The van der Waals surface area contributed by atoms with Crippen LogP contribution in [0.2, 0.25) is 0 Å². The number of piperidine rings is 1. The predicted octanol–water partition coefficient (Wildman–Crippen LogP) is 3.05. The van der Waals surface area contributed by atoms with Crippen LogP contribution in [-0.2, 0) is 19.5 Å². The lowest BCUT2D eigenvalue weighted by molar-refractivity contribution is 0.161. The highest BCUT2D eigenvalue weighted by Crippen LogP contribution is 2.25. The van der Waals surface area contributed by atoms with Crippen LogP contribution in [-0.4, -0.2) is 40.9 Å². The first kappa shape index (κ1) is 17.0. The number of aryl methyl sites for hydroxylation is 2. The van der Waals surface area contributed by atoms with Gasteiger partial charge in [-0.1, -0.05) is 13.8 Å². The number of rotatable bonds is 7. The number of nitrogens with zero attached hydrogens (tertiary/aromatic N) is 3. The summed E-state index contributed by atoms with van der Waals surface area (Å²) < 4.78 is 3.39. The number of aromatic nitrogens is 2. The van der Waals surface area contributed by atoms with Gasteiger partial charge in [0.05, 0.1) is 15.9 Å². The van der Waals surface area contributed by atoms with Gasteiger partial charge in [0.25, 0.3) is 0 Å². The molecule has 1 unspecified atom stereocenters. The Morgan fingerprint density at radius 1 is 1.33 bits per heavy atom. The third-order valence-corrected chi connectivity index (χ3v) is 5.27. The van der Waals surface area contributed by atoms with Crippen molar-refractivity contribution in [1.82, 2.24) is 20.0 Å². The van der Waals surface area contributed by atoms with Crippen molar-refractivity contribution in [2.24, 2.45) is 5.92 Å². The third-order valence-electron chi connectivity index (χ3n) is 4.35. The van der Waals surface area contributed by atoms with E-state index in [-0.39, 0.29) is 0 Å². The van der Waals surface area contributed by atoms with Crippen LogP contribution in [0, 0.1) is 5.92 Å². The molecule has 120 valence electrons. The van der Waals surface area contributed by atoms with Gasteiger partial charge in [-0.15, -0.1) is 0 Å². The van der Waals surface area contributed by atoms with E-state index in [0.29, 0.717) is 0 Å². The van der Waals surface area contributed by atoms with Crippen LogP contribution in [0.25, 0.3) is 0 Å². The van der Waals surface area contributed by atoms with Crippen LogP contribution in [0.1, 0.15) is 45.0 Å². The average Bonchev–Trinajstić information content (AvgIpc) is 2.81. The molecule has 0 radical (unpaired) electrons. The molecule has 1 atom stereocenters. The van der Waals surface area contributed by atoms with Crippen LogP contribution in [0.4, 0.5) is 0 Å². The van der Waals surface area contributed by atoms with E-state index in [1.54, 1.807) is 0 Å². The van der Waals surface area contributed by atoms with Gasteiger partial charge in [0.1, 0.15) is 0 Å². The summed E-state index contributed by atoms with van der Waals surface area (Å²) in [5, 5.41) is 8.21. The first-order valence-electron chi connectivity index (χ1n) is 8.36. The molecule has 1 aromatic heterocycles. The highest BCUT2D eigenvalue weighted by molar-refractivity contribution is 9.10. The molecule has 2 rings (SSSR count). The largest absolute Gasteiger partial charge is 0.317 e. The zero-order chi connectivity index (χ0) is 15.2. The lowest BCUT2D eigenvalue weighted by atomic mass is 9.98. The van der Waals surface area contributed by atoms with Crippen molar-refractivity contribution in [1.29, 1.82) is 0 Å². The summed E-state index contributed by atoms with van der Waals surface area (Å²) in [6.45, 7) is 13.1. The summed E-state index contributed by atoms with van der Waals surface area (Å²) >= 11 is 3.76. The van der Waals surface area contributed by atoms with Crippen molar-refractivity contribution in [2.75, 3.05) is 26.2 Å². The summed E-state index contributed by atoms with van der Waals surface area (Å²) in [6, 6.07) is 0. The molecule has 1 N–H and O–H groups in total. The smallest absolute Gasteiger partial charge is 0.0767 e. The van der Waals surface area contributed by atoms with Crippen molar-refractivity contribution >= 4 is 15.9 Å². The van der Waals surface area contributed by atoms with Gasteiger partial charge in [-0.3, -0.25) is 9.58 Å². The summed E-state index contributed by atoms with van der Waals surface area (Å²) in [4.78, 5) is 2.60. The normalized spacial score (nSPS) is 20.1. The minimum absolute atomic E-state index is 0.793. The average molecular weight is 357 g/mol. The number of hydrogen-bond donors (Lipinski definition) is 1. The first-order chi connectivity index (χ1) is 10.2. The van der Waals surface area contributed by atoms with Gasteiger partial charge in [0.15, 0.2) is 0 Å². The second kappa shape index (κ2) is 8.30. The van der Waals surface area contributed by atoms with E-state index in [2.05, 4.69) is 51.6 Å². The molecule has 0 amide bonds. The molecule has 0 aromatic carbocycles. The van der Waals surface area contributed by atoms with Gasteiger partial charge < -0.3 is 5.32 Å². The molecule has 1 saturated heterocycles.